The molecule has 0 saturated heterocycles. The minimum atomic E-state index is -1.28. The molecule has 1 aromatic heterocycles. The van der Waals surface area contributed by atoms with Crippen LogP contribution in [-0.2, 0) is 0 Å². The lowest BCUT2D eigenvalue weighted by atomic mass is 10.1. The van der Waals surface area contributed by atoms with E-state index >= 15 is 0 Å². The Kier molecular flexibility index (Phi) is 4.04. The van der Waals surface area contributed by atoms with Gasteiger partial charge in [-0.05, 0) is 18.9 Å². The molecule has 0 saturated carbocycles. The van der Waals surface area contributed by atoms with Crippen molar-refractivity contribution in [3.8, 4) is 0 Å². The number of carbonyl (C=O) groups is 1. The molecule has 0 aliphatic rings. The number of aromatic nitrogens is 1. The smallest absolute Gasteiger partial charge is 0.338 e. The van der Waals surface area contributed by atoms with Crippen LogP contribution in [0.4, 0.5) is 10.2 Å². The molecule has 0 radical (unpaired) electrons. The third kappa shape index (κ3) is 2.72. The number of rotatable bonds is 4. The Hall–Kier alpha value is -1.65. The number of carboxylic acid groups (broad SMARTS) is 1. The molecule has 1 rings (SSSR count). The molecule has 0 spiro atoms. The van der Waals surface area contributed by atoms with Gasteiger partial charge in [0, 0.05) is 19.3 Å². The standard InChI is InChI=1S/C12H17FN2O2/c1-7(2)8(3)15(4)11-10(13)9(12(16)17)5-6-14-11/h5-8H,1-4H3,(H,16,17). The summed E-state index contributed by atoms with van der Waals surface area (Å²) in [6.45, 7) is 5.97. The van der Waals surface area contributed by atoms with Gasteiger partial charge in [0.2, 0.25) is 0 Å². The SMILES string of the molecule is CC(C)C(C)N(C)c1nccc(C(=O)O)c1F. The third-order valence-corrected chi connectivity index (χ3v) is 3.01. The molecule has 0 amide bonds. The molecular formula is C12H17FN2O2. The number of pyridine rings is 1. The van der Waals surface area contributed by atoms with Gasteiger partial charge in [-0.25, -0.2) is 14.2 Å². The zero-order valence-corrected chi connectivity index (χ0v) is 10.4. The first-order valence-electron chi connectivity index (χ1n) is 5.46. The molecule has 1 heterocycles. The summed E-state index contributed by atoms with van der Waals surface area (Å²) in [6, 6.07) is 1.23. The van der Waals surface area contributed by atoms with Crippen molar-refractivity contribution in [3.63, 3.8) is 0 Å². The van der Waals surface area contributed by atoms with Crippen LogP contribution in [0.1, 0.15) is 31.1 Å². The molecule has 17 heavy (non-hydrogen) atoms. The van der Waals surface area contributed by atoms with Crippen LogP contribution >= 0.6 is 0 Å². The lowest BCUT2D eigenvalue weighted by molar-refractivity contribution is 0.0691. The van der Waals surface area contributed by atoms with E-state index in [1.807, 2.05) is 20.8 Å². The lowest BCUT2D eigenvalue weighted by Crippen LogP contribution is -2.34. The Balaban J connectivity index is 3.15. The van der Waals surface area contributed by atoms with Crippen LogP contribution < -0.4 is 4.90 Å². The highest BCUT2D eigenvalue weighted by molar-refractivity contribution is 5.88. The second-order valence-electron chi connectivity index (χ2n) is 4.40. The Morgan fingerprint density at radius 2 is 2.06 bits per heavy atom. The van der Waals surface area contributed by atoms with Crippen molar-refractivity contribution in [2.24, 2.45) is 5.92 Å². The summed E-state index contributed by atoms with van der Waals surface area (Å²) in [6.07, 6.45) is 1.31. The average molecular weight is 240 g/mol. The quantitative estimate of drug-likeness (QED) is 0.878. The highest BCUT2D eigenvalue weighted by Gasteiger charge is 2.21. The summed E-state index contributed by atoms with van der Waals surface area (Å²) in [5, 5.41) is 8.83. The highest BCUT2D eigenvalue weighted by Crippen LogP contribution is 2.22. The molecule has 0 bridgehead atoms. The van der Waals surface area contributed by atoms with Crippen molar-refractivity contribution < 1.29 is 14.3 Å². The topological polar surface area (TPSA) is 53.4 Å². The third-order valence-electron chi connectivity index (χ3n) is 3.01. The number of carboxylic acids is 1. The first-order valence-corrected chi connectivity index (χ1v) is 5.46. The Bertz CT molecular complexity index is 421. The first-order chi connectivity index (χ1) is 7.86. The van der Waals surface area contributed by atoms with E-state index in [1.54, 1.807) is 11.9 Å². The molecule has 1 N–H and O–H groups in total. The number of hydrogen-bond donors (Lipinski definition) is 1. The van der Waals surface area contributed by atoms with Crippen LogP contribution in [0.3, 0.4) is 0 Å². The van der Waals surface area contributed by atoms with Gasteiger partial charge in [-0.3, -0.25) is 0 Å². The summed E-state index contributed by atoms with van der Waals surface area (Å²) >= 11 is 0. The van der Waals surface area contributed by atoms with Crippen molar-refractivity contribution in [1.29, 1.82) is 0 Å². The van der Waals surface area contributed by atoms with E-state index in [9.17, 15) is 9.18 Å². The average Bonchev–Trinajstić information content (AvgIpc) is 2.26. The Morgan fingerprint density at radius 1 is 1.47 bits per heavy atom. The lowest BCUT2D eigenvalue weighted by Gasteiger charge is -2.29. The van der Waals surface area contributed by atoms with Gasteiger partial charge in [-0.2, -0.15) is 0 Å². The van der Waals surface area contributed by atoms with E-state index < -0.39 is 11.8 Å². The molecule has 94 valence electrons. The van der Waals surface area contributed by atoms with E-state index in [0.29, 0.717) is 5.92 Å². The number of nitrogens with zero attached hydrogens (tertiary/aromatic N) is 2. The van der Waals surface area contributed by atoms with Gasteiger partial charge in [0.15, 0.2) is 11.6 Å². The van der Waals surface area contributed by atoms with Crippen molar-refractivity contribution in [2.45, 2.75) is 26.8 Å². The van der Waals surface area contributed by atoms with Crippen molar-refractivity contribution in [3.05, 3.63) is 23.6 Å². The van der Waals surface area contributed by atoms with E-state index in [-0.39, 0.29) is 17.4 Å². The fraction of sp³-hybridized carbons (Fsp3) is 0.500. The largest absolute Gasteiger partial charge is 0.478 e. The van der Waals surface area contributed by atoms with E-state index in [4.69, 9.17) is 5.11 Å². The van der Waals surface area contributed by atoms with Crippen LogP contribution in [-0.4, -0.2) is 29.1 Å². The normalized spacial score (nSPS) is 12.6. The van der Waals surface area contributed by atoms with E-state index in [1.165, 1.54) is 6.20 Å². The summed E-state index contributed by atoms with van der Waals surface area (Å²) in [7, 11) is 1.71. The van der Waals surface area contributed by atoms with Gasteiger partial charge in [-0.15, -0.1) is 0 Å². The fourth-order valence-electron chi connectivity index (χ4n) is 1.48. The Labute approximate surface area is 100 Å². The molecule has 5 heteroatoms. The monoisotopic (exact) mass is 240 g/mol. The molecule has 1 aromatic rings. The molecule has 0 aromatic carbocycles. The van der Waals surface area contributed by atoms with Gasteiger partial charge >= 0.3 is 5.97 Å². The predicted molar refractivity (Wildman–Crippen MR) is 63.9 cm³/mol. The molecule has 0 aliphatic heterocycles. The maximum absolute atomic E-state index is 13.9. The van der Waals surface area contributed by atoms with Crippen LogP contribution in [0.15, 0.2) is 12.3 Å². The fourth-order valence-corrected chi connectivity index (χ4v) is 1.48. The number of halogens is 1. The van der Waals surface area contributed by atoms with Crippen molar-refractivity contribution in [1.82, 2.24) is 4.98 Å². The minimum Gasteiger partial charge on any atom is -0.478 e. The number of hydrogen-bond acceptors (Lipinski definition) is 3. The van der Waals surface area contributed by atoms with Gasteiger partial charge in [0.05, 0.1) is 0 Å². The van der Waals surface area contributed by atoms with Crippen LogP contribution in [0.5, 0.6) is 0 Å². The van der Waals surface area contributed by atoms with Gasteiger partial charge in [-0.1, -0.05) is 13.8 Å². The van der Waals surface area contributed by atoms with Crippen molar-refractivity contribution >= 4 is 11.8 Å². The summed E-state index contributed by atoms with van der Waals surface area (Å²) in [4.78, 5) is 16.4. The minimum absolute atomic E-state index is 0.0704. The molecule has 1 unspecified atom stereocenters. The zero-order valence-electron chi connectivity index (χ0n) is 10.4. The number of anilines is 1. The maximum atomic E-state index is 13.9. The van der Waals surface area contributed by atoms with Gasteiger partial charge in [0.1, 0.15) is 5.56 Å². The second-order valence-corrected chi connectivity index (χ2v) is 4.40. The van der Waals surface area contributed by atoms with Crippen LogP contribution in [0.25, 0.3) is 0 Å². The predicted octanol–water partition coefficient (Wildman–Crippen LogP) is 2.40. The second kappa shape index (κ2) is 5.12. The zero-order chi connectivity index (χ0) is 13.2. The molecular weight excluding hydrogens is 223 g/mol. The van der Waals surface area contributed by atoms with Gasteiger partial charge < -0.3 is 10.0 Å². The van der Waals surface area contributed by atoms with E-state index in [2.05, 4.69) is 4.98 Å². The summed E-state index contributed by atoms with van der Waals surface area (Å²) < 4.78 is 13.9. The van der Waals surface area contributed by atoms with Gasteiger partial charge in [0.25, 0.3) is 0 Å². The molecule has 1 atom stereocenters. The first kappa shape index (κ1) is 13.4. The molecule has 0 aliphatic carbocycles. The van der Waals surface area contributed by atoms with Crippen molar-refractivity contribution in [2.75, 3.05) is 11.9 Å². The maximum Gasteiger partial charge on any atom is 0.338 e. The molecule has 4 nitrogen and oxygen atoms in total. The van der Waals surface area contributed by atoms with Crippen LogP contribution in [0.2, 0.25) is 0 Å². The highest BCUT2D eigenvalue weighted by atomic mass is 19.1. The van der Waals surface area contributed by atoms with E-state index in [0.717, 1.165) is 6.07 Å². The summed E-state index contributed by atoms with van der Waals surface area (Å²) in [5.74, 6) is -1.67. The number of aromatic carboxylic acids is 1. The summed E-state index contributed by atoms with van der Waals surface area (Å²) in [5.41, 5.74) is -0.349. The Morgan fingerprint density at radius 3 is 2.53 bits per heavy atom. The molecule has 0 fully saturated rings. The van der Waals surface area contributed by atoms with Crippen LogP contribution in [0, 0.1) is 11.7 Å².